The van der Waals surface area contributed by atoms with Crippen LogP contribution in [-0.2, 0) is 13.1 Å². The fourth-order valence-electron chi connectivity index (χ4n) is 1.97. The Kier molecular flexibility index (Phi) is 4.36. The molecule has 0 aliphatic heterocycles. The molecule has 4 nitrogen and oxygen atoms in total. The zero-order valence-corrected chi connectivity index (χ0v) is 11.3. The van der Waals surface area contributed by atoms with E-state index in [0.29, 0.717) is 6.54 Å². The standard InChI is InChI=1S/C15H19N3O/c1-18(15-9-12(10-16)7-8-17-15)11-13-5-3-4-6-14(13)19-2/h3-9H,10-11,16H2,1-2H3. The van der Waals surface area contributed by atoms with Gasteiger partial charge < -0.3 is 15.4 Å². The predicted molar refractivity (Wildman–Crippen MR) is 77.2 cm³/mol. The van der Waals surface area contributed by atoms with Gasteiger partial charge in [0.1, 0.15) is 11.6 Å². The van der Waals surface area contributed by atoms with Gasteiger partial charge in [0.2, 0.25) is 0 Å². The highest BCUT2D eigenvalue weighted by Gasteiger charge is 2.07. The van der Waals surface area contributed by atoms with Crippen molar-refractivity contribution in [3.05, 3.63) is 53.7 Å². The number of para-hydroxylation sites is 1. The molecule has 2 aromatic rings. The van der Waals surface area contributed by atoms with Crippen LogP contribution in [0.5, 0.6) is 5.75 Å². The van der Waals surface area contributed by atoms with E-state index in [-0.39, 0.29) is 0 Å². The van der Waals surface area contributed by atoms with Gasteiger partial charge in [-0.15, -0.1) is 0 Å². The zero-order chi connectivity index (χ0) is 13.7. The quantitative estimate of drug-likeness (QED) is 0.892. The monoisotopic (exact) mass is 257 g/mol. The van der Waals surface area contributed by atoms with Crippen molar-refractivity contribution < 1.29 is 4.74 Å². The molecule has 0 radical (unpaired) electrons. The zero-order valence-electron chi connectivity index (χ0n) is 11.3. The highest BCUT2D eigenvalue weighted by Crippen LogP contribution is 2.21. The van der Waals surface area contributed by atoms with Gasteiger partial charge >= 0.3 is 0 Å². The van der Waals surface area contributed by atoms with Gasteiger partial charge in [-0.05, 0) is 23.8 Å². The largest absolute Gasteiger partial charge is 0.496 e. The number of nitrogens with two attached hydrogens (primary N) is 1. The maximum absolute atomic E-state index is 5.65. The second kappa shape index (κ2) is 6.20. The van der Waals surface area contributed by atoms with E-state index in [0.717, 1.165) is 29.2 Å². The van der Waals surface area contributed by atoms with Crippen molar-refractivity contribution in [1.82, 2.24) is 4.98 Å². The lowest BCUT2D eigenvalue weighted by Gasteiger charge is -2.20. The Bertz CT molecular complexity index is 542. The highest BCUT2D eigenvalue weighted by atomic mass is 16.5. The molecule has 0 spiro atoms. The summed E-state index contributed by atoms with van der Waals surface area (Å²) >= 11 is 0. The van der Waals surface area contributed by atoms with Gasteiger partial charge in [0.05, 0.1) is 7.11 Å². The number of ether oxygens (including phenoxy) is 1. The third-order valence-electron chi connectivity index (χ3n) is 3.04. The molecular weight excluding hydrogens is 238 g/mol. The molecule has 0 amide bonds. The summed E-state index contributed by atoms with van der Waals surface area (Å²) in [6.07, 6.45) is 1.79. The Morgan fingerprint density at radius 3 is 2.79 bits per heavy atom. The van der Waals surface area contributed by atoms with E-state index in [1.807, 2.05) is 37.4 Å². The molecule has 0 saturated heterocycles. The van der Waals surface area contributed by atoms with Crippen LogP contribution in [0, 0.1) is 0 Å². The summed E-state index contributed by atoms with van der Waals surface area (Å²) in [5, 5.41) is 0. The first-order valence-corrected chi connectivity index (χ1v) is 6.22. The number of hydrogen-bond acceptors (Lipinski definition) is 4. The van der Waals surface area contributed by atoms with E-state index < -0.39 is 0 Å². The Morgan fingerprint density at radius 2 is 2.05 bits per heavy atom. The van der Waals surface area contributed by atoms with E-state index in [1.54, 1.807) is 13.3 Å². The summed E-state index contributed by atoms with van der Waals surface area (Å²) in [6.45, 7) is 1.27. The highest BCUT2D eigenvalue weighted by molar-refractivity contribution is 5.43. The third kappa shape index (κ3) is 3.23. The molecule has 2 N–H and O–H groups in total. The van der Waals surface area contributed by atoms with Crippen molar-refractivity contribution in [2.45, 2.75) is 13.1 Å². The van der Waals surface area contributed by atoms with Crippen LogP contribution in [0.4, 0.5) is 5.82 Å². The topological polar surface area (TPSA) is 51.4 Å². The minimum atomic E-state index is 0.526. The number of hydrogen-bond donors (Lipinski definition) is 1. The molecule has 0 aliphatic rings. The molecule has 0 atom stereocenters. The Hall–Kier alpha value is -2.07. The summed E-state index contributed by atoms with van der Waals surface area (Å²) < 4.78 is 5.36. The Morgan fingerprint density at radius 1 is 1.26 bits per heavy atom. The van der Waals surface area contributed by atoms with E-state index in [1.165, 1.54) is 0 Å². The first-order valence-electron chi connectivity index (χ1n) is 6.22. The lowest BCUT2D eigenvalue weighted by Crippen LogP contribution is -2.18. The average Bonchev–Trinajstić information content (AvgIpc) is 2.47. The summed E-state index contributed by atoms with van der Waals surface area (Å²) in [6, 6.07) is 11.9. The van der Waals surface area contributed by atoms with Gasteiger partial charge in [-0.1, -0.05) is 18.2 Å². The van der Waals surface area contributed by atoms with Gasteiger partial charge in [-0.25, -0.2) is 4.98 Å². The first kappa shape index (κ1) is 13.4. The average molecular weight is 257 g/mol. The predicted octanol–water partition coefficient (Wildman–Crippen LogP) is 2.19. The summed E-state index contributed by atoms with van der Waals surface area (Å²) in [5.74, 6) is 1.80. The smallest absolute Gasteiger partial charge is 0.128 e. The summed E-state index contributed by atoms with van der Waals surface area (Å²) in [7, 11) is 3.70. The fourth-order valence-corrected chi connectivity index (χ4v) is 1.97. The molecular formula is C15H19N3O. The summed E-state index contributed by atoms with van der Waals surface area (Å²) in [5.41, 5.74) is 7.86. The number of methoxy groups -OCH3 is 1. The van der Waals surface area contributed by atoms with Crippen LogP contribution in [0.2, 0.25) is 0 Å². The number of pyridine rings is 1. The van der Waals surface area contributed by atoms with Gasteiger partial charge in [-0.2, -0.15) is 0 Å². The lowest BCUT2D eigenvalue weighted by atomic mass is 10.2. The van der Waals surface area contributed by atoms with Crippen molar-refractivity contribution in [3.63, 3.8) is 0 Å². The number of anilines is 1. The molecule has 0 unspecified atom stereocenters. The van der Waals surface area contributed by atoms with Gasteiger partial charge in [0, 0.05) is 31.9 Å². The summed E-state index contributed by atoms with van der Waals surface area (Å²) in [4.78, 5) is 6.45. The molecule has 1 aromatic carbocycles. The van der Waals surface area contributed by atoms with E-state index in [4.69, 9.17) is 10.5 Å². The molecule has 0 bridgehead atoms. The maximum Gasteiger partial charge on any atom is 0.128 e. The van der Waals surface area contributed by atoms with Crippen LogP contribution < -0.4 is 15.4 Å². The molecule has 100 valence electrons. The van der Waals surface area contributed by atoms with E-state index in [2.05, 4.69) is 16.0 Å². The van der Waals surface area contributed by atoms with Crippen molar-refractivity contribution >= 4 is 5.82 Å². The normalized spacial score (nSPS) is 10.3. The molecule has 19 heavy (non-hydrogen) atoms. The van der Waals surface area contributed by atoms with Crippen molar-refractivity contribution in [1.29, 1.82) is 0 Å². The van der Waals surface area contributed by atoms with Crippen molar-refractivity contribution in [2.24, 2.45) is 5.73 Å². The van der Waals surface area contributed by atoms with Crippen LogP contribution in [0.15, 0.2) is 42.6 Å². The van der Waals surface area contributed by atoms with Crippen LogP contribution in [-0.4, -0.2) is 19.1 Å². The molecule has 1 aromatic heterocycles. The molecule has 0 saturated carbocycles. The third-order valence-corrected chi connectivity index (χ3v) is 3.04. The second-order valence-corrected chi connectivity index (χ2v) is 4.39. The Labute approximate surface area is 113 Å². The van der Waals surface area contributed by atoms with Gasteiger partial charge in [0.15, 0.2) is 0 Å². The van der Waals surface area contributed by atoms with Crippen molar-refractivity contribution in [2.75, 3.05) is 19.1 Å². The number of nitrogens with zero attached hydrogens (tertiary/aromatic N) is 2. The SMILES string of the molecule is COc1ccccc1CN(C)c1cc(CN)ccn1. The van der Waals surface area contributed by atoms with E-state index >= 15 is 0 Å². The molecule has 0 aliphatic carbocycles. The van der Waals surface area contributed by atoms with Crippen LogP contribution in [0.3, 0.4) is 0 Å². The van der Waals surface area contributed by atoms with Gasteiger partial charge in [0.25, 0.3) is 0 Å². The fraction of sp³-hybridized carbons (Fsp3) is 0.267. The minimum Gasteiger partial charge on any atom is -0.496 e. The van der Waals surface area contributed by atoms with Crippen molar-refractivity contribution in [3.8, 4) is 5.75 Å². The lowest BCUT2D eigenvalue weighted by molar-refractivity contribution is 0.409. The molecule has 1 heterocycles. The maximum atomic E-state index is 5.65. The van der Waals surface area contributed by atoms with E-state index in [9.17, 15) is 0 Å². The molecule has 2 rings (SSSR count). The number of rotatable bonds is 5. The number of aromatic nitrogens is 1. The van der Waals surface area contributed by atoms with Crippen LogP contribution in [0.25, 0.3) is 0 Å². The molecule has 0 fully saturated rings. The van der Waals surface area contributed by atoms with Crippen LogP contribution >= 0.6 is 0 Å². The minimum absolute atomic E-state index is 0.526. The first-order chi connectivity index (χ1) is 9.24. The van der Waals surface area contributed by atoms with Gasteiger partial charge in [-0.3, -0.25) is 0 Å². The number of benzene rings is 1. The second-order valence-electron chi connectivity index (χ2n) is 4.39. The molecule has 4 heteroatoms. The Balaban J connectivity index is 2.18. The van der Waals surface area contributed by atoms with Crippen LogP contribution in [0.1, 0.15) is 11.1 Å².